The van der Waals surface area contributed by atoms with Crippen LogP contribution in [0.1, 0.15) is 13.8 Å². The van der Waals surface area contributed by atoms with Crippen LogP contribution in [-0.2, 0) is 4.79 Å². The summed E-state index contributed by atoms with van der Waals surface area (Å²) in [5, 5.41) is 3.21. The van der Waals surface area contributed by atoms with Gasteiger partial charge < -0.3 is 10.1 Å². The maximum Gasteiger partial charge on any atom is 0.260 e. The van der Waals surface area contributed by atoms with Crippen molar-refractivity contribution >= 4 is 17.5 Å². The fourth-order valence-electron chi connectivity index (χ4n) is 1.97. The van der Waals surface area contributed by atoms with Gasteiger partial charge in [0.15, 0.2) is 6.10 Å². The lowest BCUT2D eigenvalue weighted by atomic mass is 10.1. The number of carbonyl (C=O) groups excluding carboxylic acids is 1. The minimum Gasteiger partial charge on any atom is -0.479 e. The number of amides is 1. The number of hydrogen-bond acceptors (Lipinski definition) is 2. The summed E-state index contributed by atoms with van der Waals surface area (Å²) >= 11 is 6.25. The van der Waals surface area contributed by atoms with Crippen molar-refractivity contribution in [2.24, 2.45) is 0 Å². The minimum atomic E-state index is -0.579. The van der Waals surface area contributed by atoms with Gasteiger partial charge in [0.05, 0.1) is 5.02 Å². The van der Waals surface area contributed by atoms with E-state index in [1.165, 1.54) is 0 Å². The number of benzene rings is 2. The van der Waals surface area contributed by atoms with Crippen LogP contribution >= 0.6 is 11.6 Å². The summed E-state index contributed by atoms with van der Waals surface area (Å²) < 4.78 is 5.61. The first kappa shape index (κ1) is 15.4. The molecule has 0 aliphatic rings. The maximum absolute atomic E-state index is 11.7. The van der Waals surface area contributed by atoms with Gasteiger partial charge in [-0.15, -0.1) is 0 Å². The standard InChI is InChI=1S/C17H18ClNO2/c1-3-19-17(20)12(2)21-16-10-9-14(11-15(16)18)13-7-5-4-6-8-13/h4-12H,3H2,1-2H3,(H,19,20)/t12-/m1/s1. The number of rotatable bonds is 5. The van der Waals surface area contributed by atoms with Gasteiger partial charge in [-0.3, -0.25) is 4.79 Å². The predicted octanol–water partition coefficient (Wildman–Crippen LogP) is 3.91. The van der Waals surface area contributed by atoms with Crippen LogP contribution in [0, 0.1) is 0 Å². The first-order valence-electron chi connectivity index (χ1n) is 6.91. The molecule has 21 heavy (non-hydrogen) atoms. The van der Waals surface area contributed by atoms with Crippen molar-refractivity contribution in [3.8, 4) is 16.9 Å². The van der Waals surface area contributed by atoms with Crippen LogP contribution < -0.4 is 10.1 Å². The number of hydrogen-bond donors (Lipinski definition) is 1. The van der Waals surface area contributed by atoms with Crippen LogP contribution in [0.2, 0.25) is 5.02 Å². The molecule has 0 saturated heterocycles. The Morgan fingerprint density at radius 2 is 1.90 bits per heavy atom. The Morgan fingerprint density at radius 3 is 2.52 bits per heavy atom. The minimum absolute atomic E-state index is 0.152. The third-order valence-electron chi connectivity index (χ3n) is 3.06. The SMILES string of the molecule is CCNC(=O)[C@@H](C)Oc1ccc(-c2ccccc2)cc1Cl. The van der Waals surface area contributed by atoms with E-state index in [1.54, 1.807) is 13.0 Å². The Kier molecular flexibility index (Phi) is 5.23. The highest BCUT2D eigenvalue weighted by Crippen LogP contribution is 2.30. The molecule has 0 heterocycles. The molecule has 2 rings (SSSR count). The summed E-state index contributed by atoms with van der Waals surface area (Å²) in [6.45, 7) is 4.14. The fourth-order valence-corrected chi connectivity index (χ4v) is 2.19. The lowest BCUT2D eigenvalue weighted by Gasteiger charge is -2.15. The maximum atomic E-state index is 11.7. The van der Waals surface area contributed by atoms with Gasteiger partial charge in [-0.2, -0.15) is 0 Å². The van der Waals surface area contributed by atoms with Gasteiger partial charge in [0.25, 0.3) is 5.91 Å². The molecule has 1 atom stereocenters. The van der Waals surface area contributed by atoms with E-state index in [4.69, 9.17) is 16.3 Å². The van der Waals surface area contributed by atoms with Crippen molar-refractivity contribution in [2.75, 3.05) is 6.54 Å². The highest BCUT2D eigenvalue weighted by Gasteiger charge is 2.15. The first-order chi connectivity index (χ1) is 10.1. The molecule has 0 aliphatic heterocycles. The molecule has 1 N–H and O–H groups in total. The van der Waals surface area contributed by atoms with Gasteiger partial charge in [-0.1, -0.05) is 48.0 Å². The second-order valence-electron chi connectivity index (χ2n) is 4.67. The average molecular weight is 304 g/mol. The molecule has 2 aromatic rings. The van der Waals surface area contributed by atoms with E-state index in [0.717, 1.165) is 11.1 Å². The van der Waals surface area contributed by atoms with E-state index in [9.17, 15) is 4.79 Å². The van der Waals surface area contributed by atoms with E-state index in [0.29, 0.717) is 17.3 Å². The van der Waals surface area contributed by atoms with Gasteiger partial charge in [-0.25, -0.2) is 0 Å². The quantitative estimate of drug-likeness (QED) is 0.909. The van der Waals surface area contributed by atoms with Gasteiger partial charge in [0, 0.05) is 6.54 Å². The molecule has 2 aromatic carbocycles. The highest BCUT2D eigenvalue weighted by molar-refractivity contribution is 6.32. The molecule has 4 heteroatoms. The van der Waals surface area contributed by atoms with Crippen LogP contribution in [-0.4, -0.2) is 18.6 Å². The fraction of sp³-hybridized carbons (Fsp3) is 0.235. The summed E-state index contributed by atoms with van der Waals surface area (Å²) in [4.78, 5) is 11.7. The van der Waals surface area contributed by atoms with Gasteiger partial charge >= 0.3 is 0 Å². The molecule has 0 aliphatic carbocycles. The van der Waals surface area contributed by atoms with Crippen LogP contribution in [0.3, 0.4) is 0 Å². The third-order valence-corrected chi connectivity index (χ3v) is 3.36. The van der Waals surface area contributed by atoms with E-state index >= 15 is 0 Å². The number of halogens is 1. The Morgan fingerprint density at radius 1 is 1.19 bits per heavy atom. The number of nitrogens with one attached hydrogen (secondary N) is 1. The summed E-state index contributed by atoms with van der Waals surface area (Å²) in [7, 11) is 0. The lowest BCUT2D eigenvalue weighted by molar-refractivity contribution is -0.127. The molecule has 0 bridgehead atoms. The molecule has 110 valence electrons. The molecule has 0 radical (unpaired) electrons. The summed E-state index contributed by atoms with van der Waals surface area (Å²) in [5.74, 6) is 0.357. The van der Waals surface area contributed by atoms with Crippen molar-refractivity contribution in [1.82, 2.24) is 5.32 Å². The van der Waals surface area contributed by atoms with Crippen molar-refractivity contribution in [3.63, 3.8) is 0 Å². The molecule has 0 spiro atoms. The van der Waals surface area contributed by atoms with Crippen molar-refractivity contribution in [2.45, 2.75) is 20.0 Å². The van der Waals surface area contributed by atoms with Crippen molar-refractivity contribution in [1.29, 1.82) is 0 Å². The van der Waals surface area contributed by atoms with Crippen LogP contribution in [0.4, 0.5) is 0 Å². The average Bonchev–Trinajstić information content (AvgIpc) is 2.50. The molecule has 0 saturated carbocycles. The number of ether oxygens (including phenoxy) is 1. The molecule has 1 amide bonds. The second kappa shape index (κ2) is 7.14. The number of carbonyl (C=O) groups is 1. The molecule has 3 nitrogen and oxygen atoms in total. The highest BCUT2D eigenvalue weighted by atomic mass is 35.5. The molecule has 0 aromatic heterocycles. The zero-order valence-electron chi connectivity index (χ0n) is 12.1. The van der Waals surface area contributed by atoms with E-state index in [2.05, 4.69) is 5.32 Å². The van der Waals surface area contributed by atoms with Crippen molar-refractivity contribution in [3.05, 3.63) is 53.6 Å². The molecular formula is C17H18ClNO2. The van der Waals surface area contributed by atoms with Crippen LogP contribution in [0.5, 0.6) is 5.75 Å². The normalized spacial score (nSPS) is 11.8. The molecule has 0 fully saturated rings. The van der Waals surface area contributed by atoms with E-state index < -0.39 is 6.10 Å². The zero-order chi connectivity index (χ0) is 15.2. The van der Waals surface area contributed by atoms with E-state index in [-0.39, 0.29) is 5.91 Å². The first-order valence-corrected chi connectivity index (χ1v) is 7.29. The van der Waals surface area contributed by atoms with Gasteiger partial charge in [0.2, 0.25) is 0 Å². The van der Waals surface area contributed by atoms with Crippen LogP contribution in [0.15, 0.2) is 48.5 Å². The third kappa shape index (κ3) is 3.99. The predicted molar refractivity (Wildman–Crippen MR) is 85.7 cm³/mol. The largest absolute Gasteiger partial charge is 0.479 e. The summed E-state index contributed by atoms with van der Waals surface area (Å²) in [6, 6.07) is 15.5. The van der Waals surface area contributed by atoms with Gasteiger partial charge in [0.1, 0.15) is 5.75 Å². The van der Waals surface area contributed by atoms with E-state index in [1.807, 2.05) is 49.4 Å². The van der Waals surface area contributed by atoms with Crippen molar-refractivity contribution < 1.29 is 9.53 Å². The smallest absolute Gasteiger partial charge is 0.260 e. The topological polar surface area (TPSA) is 38.3 Å². The summed E-state index contributed by atoms with van der Waals surface area (Å²) in [5.41, 5.74) is 2.10. The van der Waals surface area contributed by atoms with Gasteiger partial charge in [-0.05, 0) is 37.1 Å². The Balaban J connectivity index is 2.15. The van der Waals surface area contributed by atoms with Crippen LogP contribution in [0.25, 0.3) is 11.1 Å². The Bertz CT molecular complexity index is 613. The summed E-state index contributed by atoms with van der Waals surface area (Å²) in [6.07, 6.45) is -0.579. The Hall–Kier alpha value is -2.00. The zero-order valence-corrected chi connectivity index (χ0v) is 12.9. The lowest BCUT2D eigenvalue weighted by Crippen LogP contribution is -2.36. The second-order valence-corrected chi connectivity index (χ2v) is 5.07. The number of likely N-dealkylation sites (N-methyl/N-ethyl adjacent to an activating group) is 1. The molecule has 0 unspecified atom stereocenters. The Labute approximate surface area is 129 Å². The molecular weight excluding hydrogens is 286 g/mol. The monoisotopic (exact) mass is 303 g/mol.